The summed E-state index contributed by atoms with van der Waals surface area (Å²) in [5.74, 6) is 0.649. The van der Waals surface area contributed by atoms with Crippen LogP contribution >= 0.6 is 0 Å². The molecule has 0 saturated heterocycles. The molecule has 0 aliphatic rings. The molecule has 0 aliphatic heterocycles. The molecule has 8 aromatic rings. The Hall–Kier alpha value is -5.79. The number of fused-ring (bicyclic) bond motifs is 5. The largest absolute Gasteiger partial charge is 0.278 e. The minimum absolute atomic E-state index is 0.649. The number of para-hydroxylation sites is 2. The van der Waals surface area contributed by atoms with Gasteiger partial charge in [-0.1, -0.05) is 97.1 Å². The van der Waals surface area contributed by atoms with E-state index in [9.17, 15) is 0 Å². The van der Waals surface area contributed by atoms with Gasteiger partial charge in [-0.2, -0.15) is 5.26 Å². The van der Waals surface area contributed by atoms with Gasteiger partial charge in [-0.3, -0.25) is 4.57 Å². The third-order valence-electron chi connectivity index (χ3n) is 7.84. The van der Waals surface area contributed by atoms with Crippen LogP contribution in [0.5, 0.6) is 0 Å². The molecule has 0 radical (unpaired) electrons. The van der Waals surface area contributed by atoms with Crippen molar-refractivity contribution in [1.29, 1.82) is 5.26 Å². The summed E-state index contributed by atoms with van der Waals surface area (Å²) in [5.41, 5.74) is 7.79. The maximum atomic E-state index is 9.14. The van der Waals surface area contributed by atoms with Crippen LogP contribution < -0.4 is 0 Å². The zero-order valence-electron chi connectivity index (χ0n) is 22.0. The van der Waals surface area contributed by atoms with Crippen LogP contribution in [0.15, 0.2) is 133 Å². The van der Waals surface area contributed by atoms with E-state index >= 15 is 0 Å². The van der Waals surface area contributed by atoms with Crippen molar-refractivity contribution < 1.29 is 0 Å². The number of nitriles is 1. The van der Waals surface area contributed by atoms with Crippen molar-refractivity contribution in [3.05, 3.63) is 139 Å². The molecule has 190 valence electrons. The minimum Gasteiger partial charge on any atom is -0.278 e. The first kappa shape index (κ1) is 23.1. The maximum absolute atomic E-state index is 9.14. The van der Waals surface area contributed by atoms with E-state index in [1.54, 1.807) is 0 Å². The molecule has 0 fully saturated rings. The first-order valence-electron chi connectivity index (χ1n) is 13.6. The van der Waals surface area contributed by atoms with Crippen LogP contribution in [0.3, 0.4) is 0 Å². The van der Waals surface area contributed by atoms with E-state index in [1.807, 2.05) is 36.4 Å². The molecule has 0 amide bonds. The van der Waals surface area contributed by atoms with E-state index in [4.69, 9.17) is 15.2 Å². The van der Waals surface area contributed by atoms with Gasteiger partial charge in [0.05, 0.1) is 33.9 Å². The molecule has 2 heterocycles. The van der Waals surface area contributed by atoms with Gasteiger partial charge in [0.1, 0.15) is 0 Å². The monoisotopic (exact) mass is 522 g/mol. The molecule has 0 spiro atoms. The van der Waals surface area contributed by atoms with Gasteiger partial charge in [0.25, 0.3) is 0 Å². The highest BCUT2D eigenvalue weighted by Crippen LogP contribution is 2.36. The summed E-state index contributed by atoms with van der Waals surface area (Å²) >= 11 is 0. The third kappa shape index (κ3) is 3.76. The van der Waals surface area contributed by atoms with Crippen molar-refractivity contribution in [2.24, 2.45) is 0 Å². The standard InChI is InChI=1S/C37H22N4/c38-23-24-13-15-25(16-14-24)26-17-19-27(20-18-26)36-31-10-3-5-11-33(31)39-37(40-36)41-34-12-6-4-9-30(34)32-21-28-7-1-2-8-29(28)22-35(32)41/h1-22H. The molecular weight excluding hydrogens is 500 g/mol. The Morgan fingerprint density at radius 1 is 0.512 bits per heavy atom. The second kappa shape index (κ2) is 9.15. The Kier molecular flexibility index (Phi) is 5.16. The van der Waals surface area contributed by atoms with E-state index in [0.717, 1.165) is 44.3 Å². The average molecular weight is 523 g/mol. The summed E-state index contributed by atoms with van der Waals surface area (Å²) in [6.45, 7) is 0. The number of hydrogen-bond acceptors (Lipinski definition) is 3. The van der Waals surface area contributed by atoms with Crippen molar-refractivity contribution in [2.75, 3.05) is 0 Å². The minimum atomic E-state index is 0.649. The van der Waals surface area contributed by atoms with Gasteiger partial charge >= 0.3 is 0 Å². The van der Waals surface area contributed by atoms with Crippen LogP contribution in [-0.2, 0) is 0 Å². The van der Waals surface area contributed by atoms with Gasteiger partial charge < -0.3 is 0 Å². The first-order chi connectivity index (χ1) is 20.3. The lowest BCUT2D eigenvalue weighted by molar-refractivity contribution is 1.01. The lowest BCUT2D eigenvalue weighted by atomic mass is 10.0. The van der Waals surface area contributed by atoms with Crippen molar-refractivity contribution in [3.63, 3.8) is 0 Å². The van der Waals surface area contributed by atoms with Crippen LogP contribution in [0.1, 0.15) is 5.56 Å². The van der Waals surface area contributed by atoms with E-state index in [1.165, 1.54) is 21.5 Å². The fraction of sp³-hybridized carbons (Fsp3) is 0. The Bertz CT molecular complexity index is 2300. The SMILES string of the molecule is N#Cc1ccc(-c2ccc(-c3nc(-n4c5ccccc5c5cc6ccccc6cc54)nc4ccccc34)cc2)cc1. The summed E-state index contributed by atoms with van der Waals surface area (Å²) in [6.07, 6.45) is 0. The zero-order valence-corrected chi connectivity index (χ0v) is 22.0. The second-order valence-corrected chi connectivity index (χ2v) is 10.2. The third-order valence-corrected chi connectivity index (χ3v) is 7.84. The van der Waals surface area contributed by atoms with E-state index < -0.39 is 0 Å². The molecular formula is C37H22N4. The predicted octanol–water partition coefficient (Wildman–Crippen LogP) is 9.09. The molecule has 0 saturated carbocycles. The van der Waals surface area contributed by atoms with Crippen LogP contribution in [0.2, 0.25) is 0 Å². The van der Waals surface area contributed by atoms with Crippen LogP contribution in [0, 0.1) is 11.3 Å². The molecule has 0 aliphatic carbocycles. The lowest BCUT2D eigenvalue weighted by Gasteiger charge is -2.12. The number of benzene rings is 6. The van der Waals surface area contributed by atoms with Crippen molar-refractivity contribution in [3.8, 4) is 34.4 Å². The Morgan fingerprint density at radius 2 is 1.12 bits per heavy atom. The molecule has 4 nitrogen and oxygen atoms in total. The highest BCUT2D eigenvalue weighted by atomic mass is 15.2. The van der Waals surface area contributed by atoms with Gasteiger partial charge in [-0.05, 0) is 58.3 Å². The molecule has 0 atom stereocenters. The predicted molar refractivity (Wildman–Crippen MR) is 167 cm³/mol. The Morgan fingerprint density at radius 3 is 1.88 bits per heavy atom. The molecule has 41 heavy (non-hydrogen) atoms. The topological polar surface area (TPSA) is 54.5 Å². The van der Waals surface area contributed by atoms with Crippen LogP contribution in [-0.4, -0.2) is 14.5 Å². The number of rotatable bonds is 3. The normalized spacial score (nSPS) is 11.4. The highest BCUT2D eigenvalue weighted by Gasteiger charge is 2.17. The molecule has 0 unspecified atom stereocenters. The van der Waals surface area contributed by atoms with E-state index in [0.29, 0.717) is 11.5 Å². The van der Waals surface area contributed by atoms with Crippen molar-refractivity contribution in [1.82, 2.24) is 14.5 Å². The number of hydrogen-bond donors (Lipinski definition) is 0. The average Bonchev–Trinajstić information content (AvgIpc) is 3.36. The van der Waals surface area contributed by atoms with Crippen molar-refractivity contribution >= 4 is 43.5 Å². The summed E-state index contributed by atoms with van der Waals surface area (Å²) in [5, 5.41) is 14.9. The summed E-state index contributed by atoms with van der Waals surface area (Å²) < 4.78 is 2.19. The Labute approximate surface area is 236 Å². The van der Waals surface area contributed by atoms with Crippen LogP contribution in [0.4, 0.5) is 0 Å². The molecule has 0 bridgehead atoms. The molecule has 8 rings (SSSR count). The fourth-order valence-corrected chi connectivity index (χ4v) is 5.81. The molecule has 4 heteroatoms. The summed E-state index contributed by atoms with van der Waals surface area (Å²) in [4.78, 5) is 10.3. The van der Waals surface area contributed by atoms with E-state index in [-0.39, 0.29) is 0 Å². The summed E-state index contributed by atoms with van der Waals surface area (Å²) in [6, 6.07) is 48.0. The quantitative estimate of drug-likeness (QED) is 0.232. The molecule has 6 aromatic carbocycles. The molecule has 2 aromatic heterocycles. The maximum Gasteiger partial charge on any atom is 0.235 e. The zero-order chi connectivity index (χ0) is 27.3. The van der Waals surface area contributed by atoms with E-state index in [2.05, 4.69) is 108 Å². The summed E-state index contributed by atoms with van der Waals surface area (Å²) in [7, 11) is 0. The molecule has 0 N–H and O–H groups in total. The first-order valence-corrected chi connectivity index (χ1v) is 13.6. The fourth-order valence-electron chi connectivity index (χ4n) is 5.81. The van der Waals surface area contributed by atoms with Gasteiger partial charge in [-0.25, -0.2) is 9.97 Å². The van der Waals surface area contributed by atoms with Gasteiger partial charge in [-0.15, -0.1) is 0 Å². The number of aromatic nitrogens is 3. The lowest BCUT2D eigenvalue weighted by Crippen LogP contribution is -2.03. The number of nitrogens with zero attached hydrogens (tertiary/aromatic N) is 4. The van der Waals surface area contributed by atoms with Crippen molar-refractivity contribution in [2.45, 2.75) is 0 Å². The smallest absolute Gasteiger partial charge is 0.235 e. The van der Waals surface area contributed by atoms with Crippen LogP contribution in [0.25, 0.3) is 71.8 Å². The second-order valence-electron chi connectivity index (χ2n) is 10.2. The highest BCUT2D eigenvalue weighted by molar-refractivity contribution is 6.13. The Balaban J connectivity index is 1.35. The van der Waals surface area contributed by atoms with Gasteiger partial charge in [0, 0.05) is 21.7 Å². The van der Waals surface area contributed by atoms with Gasteiger partial charge in [0.15, 0.2) is 0 Å². The van der Waals surface area contributed by atoms with Gasteiger partial charge in [0.2, 0.25) is 5.95 Å².